The van der Waals surface area contributed by atoms with E-state index in [2.05, 4.69) is 67.5 Å². The zero-order chi connectivity index (χ0) is 19.9. The average molecular weight is 373 g/mol. The summed E-state index contributed by atoms with van der Waals surface area (Å²) in [7, 11) is 1.71. The summed E-state index contributed by atoms with van der Waals surface area (Å²) in [5, 5.41) is 6.15. The van der Waals surface area contributed by atoms with E-state index in [0.29, 0.717) is 18.9 Å². The molecule has 0 spiro atoms. The van der Waals surface area contributed by atoms with Gasteiger partial charge in [-0.1, -0.05) is 45.0 Å². The lowest BCUT2D eigenvalue weighted by atomic mass is 9.87. The molecule has 150 valence electrons. The van der Waals surface area contributed by atoms with Crippen molar-refractivity contribution in [2.24, 2.45) is 10.9 Å². The van der Waals surface area contributed by atoms with Gasteiger partial charge in [0, 0.05) is 33.1 Å². The summed E-state index contributed by atoms with van der Waals surface area (Å²) in [5.41, 5.74) is 2.75. The predicted molar refractivity (Wildman–Crippen MR) is 113 cm³/mol. The maximum absolute atomic E-state index is 11.6. The van der Waals surface area contributed by atoms with Gasteiger partial charge >= 0.3 is 0 Å². The lowest BCUT2D eigenvalue weighted by molar-refractivity contribution is -0.121. The number of likely N-dealkylation sites (tertiary alicyclic amines) is 1. The molecular weight excluding hydrogens is 336 g/mol. The van der Waals surface area contributed by atoms with Crippen LogP contribution in [0.4, 0.5) is 0 Å². The highest BCUT2D eigenvalue weighted by molar-refractivity contribution is 5.80. The zero-order valence-electron chi connectivity index (χ0n) is 17.6. The molecule has 0 saturated carbocycles. The SMILES string of the molecule is CCNC(=NCc1ccc(C(C)(C)C)cc1)N1CCC(CC(=O)NC)CC1. The Morgan fingerprint density at radius 1 is 1.19 bits per heavy atom. The molecule has 2 rings (SSSR count). The molecule has 1 aromatic rings. The number of rotatable bonds is 5. The van der Waals surface area contributed by atoms with Crippen molar-refractivity contribution in [2.45, 2.75) is 58.9 Å². The summed E-state index contributed by atoms with van der Waals surface area (Å²) in [6.07, 6.45) is 2.72. The number of nitrogens with one attached hydrogen (secondary N) is 2. The van der Waals surface area contributed by atoms with Crippen LogP contribution in [0.3, 0.4) is 0 Å². The Balaban J connectivity index is 1.95. The first-order valence-corrected chi connectivity index (χ1v) is 10.2. The van der Waals surface area contributed by atoms with Gasteiger partial charge in [-0.25, -0.2) is 4.99 Å². The van der Waals surface area contributed by atoms with Crippen LogP contribution in [0.1, 0.15) is 58.1 Å². The molecule has 0 unspecified atom stereocenters. The molecule has 2 N–H and O–H groups in total. The van der Waals surface area contributed by atoms with Gasteiger partial charge < -0.3 is 15.5 Å². The van der Waals surface area contributed by atoms with Crippen LogP contribution < -0.4 is 10.6 Å². The van der Waals surface area contributed by atoms with E-state index in [-0.39, 0.29) is 11.3 Å². The highest BCUT2D eigenvalue weighted by atomic mass is 16.1. The van der Waals surface area contributed by atoms with Crippen LogP contribution in [0.15, 0.2) is 29.3 Å². The number of hydrogen-bond donors (Lipinski definition) is 2. The van der Waals surface area contributed by atoms with E-state index in [0.717, 1.165) is 38.4 Å². The molecule has 1 aliphatic heterocycles. The molecule has 0 aromatic heterocycles. The Kier molecular flexibility index (Phi) is 7.69. The Morgan fingerprint density at radius 3 is 2.33 bits per heavy atom. The molecule has 0 aliphatic carbocycles. The Labute approximate surface area is 164 Å². The molecule has 5 nitrogen and oxygen atoms in total. The molecule has 5 heteroatoms. The standard InChI is InChI=1S/C22H36N4O/c1-6-24-21(26-13-11-17(12-14-26)15-20(27)23-5)25-16-18-7-9-19(10-8-18)22(2,3)4/h7-10,17H,6,11-16H2,1-5H3,(H,23,27)(H,24,25). The number of carbonyl (C=O) groups excluding carboxylic acids is 1. The van der Waals surface area contributed by atoms with Gasteiger partial charge in [0.15, 0.2) is 5.96 Å². The minimum Gasteiger partial charge on any atom is -0.359 e. The quantitative estimate of drug-likeness (QED) is 0.616. The van der Waals surface area contributed by atoms with Crippen molar-refractivity contribution in [3.8, 4) is 0 Å². The number of amides is 1. The van der Waals surface area contributed by atoms with Crippen LogP contribution in [0.25, 0.3) is 0 Å². The topological polar surface area (TPSA) is 56.7 Å². The van der Waals surface area contributed by atoms with E-state index in [1.807, 2.05) is 0 Å². The minimum absolute atomic E-state index is 0.146. The van der Waals surface area contributed by atoms with Gasteiger partial charge in [-0.2, -0.15) is 0 Å². The fourth-order valence-electron chi connectivity index (χ4n) is 3.42. The van der Waals surface area contributed by atoms with Gasteiger partial charge in [0.2, 0.25) is 5.91 Å². The summed E-state index contributed by atoms with van der Waals surface area (Å²) >= 11 is 0. The molecule has 1 aromatic carbocycles. The highest BCUT2D eigenvalue weighted by Gasteiger charge is 2.23. The van der Waals surface area contributed by atoms with Gasteiger partial charge in [0.1, 0.15) is 0 Å². The predicted octanol–water partition coefficient (Wildman–Crippen LogP) is 3.30. The first-order valence-electron chi connectivity index (χ1n) is 10.2. The number of piperidine rings is 1. The molecular formula is C22H36N4O. The molecule has 0 atom stereocenters. The van der Waals surface area contributed by atoms with Crippen LogP contribution in [0.2, 0.25) is 0 Å². The van der Waals surface area contributed by atoms with Crippen molar-refractivity contribution in [3.05, 3.63) is 35.4 Å². The fraction of sp³-hybridized carbons (Fsp3) is 0.636. The van der Waals surface area contributed by atoms with Gasteiger partial charge in [-0.05, 0) is 42.2 Å². The maximum Gasteiger partial charge on any atom is 0.220 e. The second-order valence-electron chi connectivity index (χ2n) is 8.42. The van der Waals surface area contributed by atoms with Crippen LogP contribution in [-0.2, 0) is 16.8 Å². The van der Waals surface area contributed by atoms with Crippen LogP contribution in [-0.4, -0.2) is 43.4 Å². The molecule has 1 amide bonds. The molecule has 1 saturated heterocycles. The van der Waals surface area contributed by atoms with E-state index < -0.39 is 0 Å². The summed E-state index contributed by atoms with van der Waals surface area (Å²) < 4.78 is 0. The highest BCUT2D eigenvalue weighted by Crippen LogP contribution is 2.23. The van der Waals surface area contributed by atoms with E-state index in [9.17, 15) is 4.79 Å². The monoisotopic (exact) mass is 372 g/mol. The number of carbonyl (C=O) groups is 1. The van der Waals surface area contributed by atoms with E-state index in [1.54, 1.807) is 7.05 Å². The van der Waals surface area contributed by atoms with Gasteiger partial charge in [0.05, 0.1) is 6.54 Å². The summed E-state index contributed by atoms with van der Waals surface area (Å²) in [6.45, 7) is 12.3. The molecule has 27 heavy (non-hydrogen) atoms. The van der Waals surface area contributed by atoms with E-state index in [1.165, 1.54) is 11.1 Å². The molecule has 1 aliphatic rings. The van der Waals surface area contributed by atoms with Crippen molar-refractivity contribution in [3.63, 3.8) is 0 Å². The first-order chi connectivity index (χ1) is 12.8. The van der Waals surface area contributed by atoms with Crippen LogP contribution in [0.5, 0.6) is 0 Å². The Hall–Kier alpha value is -2.04. The molecule has 0 radical (unpaired) electrons. The lowest BCUT2D eigenvalue weighted by Gasteiger charge is -2.34. The third-order valence-electron chi connectivity index (χ3n) is 5.23. The average Bonchev–Trinajstić information content (AvgIpc) is 2.65. The summed E-state index contributed by atoms with van der Waals surface area (Å²) in [5.74, 6) is 1.61. The lowest BCUT2D eigenvalue weighted by Crippen LogP contribution is -2.46. The Bertz CT molecular complexity index is 623. The smallest absolute Gasteiger partial charge is 0.220 e. The number of guanidine groups is 1. The molecule has 0 bridgehead atoms. The molecule has 1 heterocycles. The van der Waals surface area contributed by atoms with Crippen molar-refractivity contribution in [2.75, 3.05) is 26.7 Å². The fourth-order valence-corrected chi connectivity index (χ4v) is 3.42. The van der Waals surface area contributed by atoms with Gasteiger partial charge in [-0.15, -0.1) is 0 Å². The van der Waals surface area contributed by atoms with Gasteiger partial charge in [-0.3, -0.25) is 4.79 Å². The Morgan fingerprint density at radius 2 is 1.81 bits per heavy atom. The van der Waals surface area contributed by atoms with Crippen molar-refractivity contribution < 1.29 is 4.79 Å². The largest absolute Gasteiger partial charge is 0.359 e. The second kappa shape index (κ2) is 9.77. The van der Waals surface area contributed by atoms with Crippen molar-refractivity contribution in [1.29, 1.82) is 0 Å². The maximum atomic E-state index is 11.6. The third kappa shape index (κ3) is 6.56. The zero-order valence-corrected chi connectivity index (χ0v) is 17.6. The summed E-state index contributed by atoms with van der Waals surface area (Å²) in [6, 6.07) is 8.79. The van der Waals surface area contributed by atoms with Crippen molar-refractivity contribution in [1.82, 2.24) is 15.5 Å². The van der Waals surface area contributed by atoms with Gasteiger partial charge in [0.25, 0.3) is 0 Å². The van der Waals surface area contributed by atoms with Crippen molar-refractivity contribution >= 4 is 11.9 Å². The molecule has 1 fully saturated rings. The van der Waals surface area contributed by atoms with E-state index in [4.69, 9.17) is 4.99 Å². The summed E-state index contributed by atoms with van der Waals surface area (Å²) in [4.78, 5) is 18.8. The first kappa shape index (κ1) is 21.3. The minimum atomic E-state index is 0.146. The van der Waals surface area contributed by atoms with Crippen LogP contribution >= 0.6 is 0 Å². The number of aliphatic imine (C=N–C) groups is 1. The normalized spacial score (nSPS) is 16.3. The third-order valence-corrected chi connectivity index (χ3v) is 5.23. The number of hydrogen-bond acceptors (Lipinski definition) is 2. The second-order valence-corrected chi connectivity index (χ2v) is 8.42. The van der Waals surface area contributed by atoms with Crippen LogP contribution in [0, 0.1) is 5.92 Å². The van der Waals surface area contributed by atoms with E-state index >= 15 is 0 Å². The number of benzene rings is 1. The number of nitrogens with zero attached hydrogens (tertiary/aromatic N) is 2.